The number of hydrogen-bond acceptors (Lipinski definition) is 2. The molecular weight excluding hydrogens is 214 g/mol. The van der Waals surface area contributed by atoms with E-state index in [4.69, 9.17) is 0 Å². The van der Waals surface area contributed by atoms with Gasteiger partial charge >= 0.3 is 0 Å². The Morgan fingerprint density at radius 1 is 1.35 bits per heavy atom. The minimum Gasteiger partial charge on any atom is -0.353 e. The van der Waals surface area contributed by atoms with Crippen LogP contribution in [0.2, 0.25) is 0 Å². The second-order valence-electron chi connectivity index (χ2n) is 5.23. The lowest BCUT2D eigenvalue weighted by atomic mass is 10.0. The number of rotatable bonds is 2. The van der Waals surface area contributed by atoms with Gasteiger partial charge in [-0.3, -0.25) is 9.48 Å². The second-order valence-corrected chi connectivity index (χ2v) is 5.23. The molecule has 0 spiro atoms. The molecule has 3 rings (SSSR count). The third-order valence-corrected chi connectivity index (χ3v) is 4.02. The molecule has 1 aromatic heterocycles. The first-order valence-electron chi connectivity index (χ1n) is 6.64. The number of nitrogens with one attached hydrogen (secondary N) is 1. The van der Waals surface area contributed by atoms with E-state index >= 15 is 0 Å². The SMILES string of the molecule is O=C(NC1CCn2nccc2C1)C1CCCC1. The minimum absolute atomic E-state index is 0.278. The van der Waals surface area contributed by atoms with Gasteiger partial charge in [-0.1, -0.05) is 12.8 Å². The zero-order valence-electron chi connectivity index (χ0n) is 10.1. The fourth-order valence-corrected chi connectivity index (χ4v) is 3.00. The quantitative estimate of drug-likeness (QED) is 0.841. The highest BCUT2D eigenvalue weighted by molar-refractivity contribution is 5.79. The van der Waals surface area contributed by atoms with Crippen LogP contribution in [-0.4, -0.2) is 21.7 Å². The first-order chi connectivity index (χ1) is 8.33. The summed E-state index contributed by atoms with van der Waals surface area (Å²) in [6.07, 6.45) is 8.38. The van der Waals surface area contributed by atoms with Crippen LogP contribution >= 0.6 is 0 Å². The molecule has 1 aliphatic carbocycles. The predicted octanol–water partition coefficient (Wildman–Crippen LogP) is 1.50. The van der Waals surface area contributed by atoms with Crippen molar-refractivity contribution in [2.45, 2.75) is 51.1 Å². The van der Waals surface area contributed by atoms with Crippen LogP contribution in [0.15, 0.2) is 12.3 Å². The first kappa shape index (κ1) is 10.8. The number of aryl methyl sites for hydroxylation is 1. The highest BCUT2D eigenvalue weighted by atomic mass is 16.1. The van der Waals surface area contributed by atoms with E-state index in [1.807, 2.05) is 16.9 Å². The normalized spacial score (nSPS) is 24.6. The van der Waals surface area contributed by atoms with Crippen molar-refractivity contribution < 1.29 is 4.79 Å². The summed E-state index contributed by atoms with van der Waals surface area (Å²) < 4.78 is 2.04. The van der Waals surface area contributed by atoms with Crippen molar-refractivity contribution in [3.8, 4) is 0 Å². The third-order valence-electron chi connectivity index (χ3n) is 4.02. The highest BCUT2D eigenvalue weighted by Gasteiger charge is 2.26. The van der Waals surface area contributed by atoms with Crippen LogP contribution < -0.4 is 5.32 Å². The summed E-state index contributed by atoms with van der Waals surface area (Å²) in [6.45, 7) is 0.929. The van der Waals surface area contributed by atoms with Crippen LogP contribution in [0, 0.1) is 5.92 Å². The minimum atomic E-state index is 0.278. The predicted molar refractivity (Wildman–Crippen MR) is 64.4 cm³/mol. The van der Waals surface area contributed by atoms with Crippen molar-refractivity contribution >= 4 is 5.91 Å². The van der Waals surface area contributed by atoms with Crippen LogP contribution in [0.25, 0.3) is 0 Å². The van der Waals surface area contributed by atoms with E-state index in [0.29, 0.717) is 6.04 Å². The van der Waals surface area contributed by atoms with Gasteiger partial charge in [0.05, 0.1) is 0 Å². The Bertz CT molecular complexity index is 407. The summed E-state index contributed by atoms with van der Waals surface area (Å²) in [4.78, 5) is 12.0. The van der Waals surface area contributed by atoms with Crippen LogP contribution in [0.1, 0.15) is 37.8 Å². The Labute approximate surface area is 101 Å². The Morgan fingerprint density at radius 3 is 3.00 bits per heavy atom. The Balaban J connectivity index is 1.58. The molecule has 1 aromatic rings. The maximum absolute atomic E-state index is 12.0. The average Bonchev–Trinajstić information content (AvgIpc) is 2.99. The van der Waals surface area contributed by atoms with Gasteiger partial charge in [-0.15, -0.1) is 0 Å². The Hall–Kier alpha value is -1.32. The molecule has 4 nitrogen and oxygen atoms in total. The van der Waals surface area contributed by atoms with Gasteiger partial charge in [0, 0.05) is 36.8 Å². The fraction of sp³-hybridized carbons (Fsp3) is 0.692. The van der Waals surface area contributed by atoms with Crippen molar-refractivity contribution in [1.82, 2.24) is 15.1 Å². The van der Waals surface area contributed by atoms with Gasteiger partial charge in [0.15, 0.2) is 0 Å². The summed E-state index contributed by atoms with van der Waals surface area (Å²) in [6, 6.07) is 2.36. The molecular formula is C13H19N3O. The largest absolute Gasteiger partial charge is 0.353 e. The number of amides is 1. The molecule has 1 aliphatic heterocycles. The van der Waals surface area contributed by atoms with E-state index in [2.05, 4.69) is 10.4 Å². The smallest absolute Gasteiger partial charge is 0.223 e. The summed E-state index contributed by atoms with van der Waals surface area (Å²) in [7, 11) is 0. The monoisotopic (exact) mass is 233 g/mol. The van der Waals surface area contributed by atoms with Crippen LogP contribution in [0.3, 0.4) is 0 Å². The summed E-state index contributed by atoms with van der Waals surface area (Å²) >= 11 is 0. The molecule has 92 valence electrons. The zero-order chi connectivity index (χ0) is 11.7. The maximum atomic E-state index is 12.0. The molecule has 0 saturated heterocycles. The molecule has 2 heterocycles. The van der Waals surface area contributed by atoms with E-state index in [0.717, 1.165) is 32.2 Å². The molecule has 0 radical (unpaired) electrons. The fourth-order valence-electron chi connectivity index (χ4n) is 3.00. The molecule has 2 aliphatic rings. The van der Waals surface area contributed by atoms with E-state index in [9.17, 15) is 4.79 Å². The van der Waals surface area contributed by atoms with Gasteiger partial charge in [0.1, 0.15) is 0 Å². The highest BCUT2D eigenvalue weighted by Crippen LogP contribution is 2.25. The van der Waals surface area contributed by atoms with E-state index in [1.165, 1.54) is 18.5 Å². The van der Waals surface area contributed by atoms with Gasteiger partial charge in [-0.2, -0.15) is 5.10 Å². The van der Waals surface area contributed by atoms with Crippen molar-refractivity contribution in [2.75, 3.05) is 0 Å². The standard InChI is InChI=1S/C13H19N3O/c17-13(10-3-1-2-4-10)15-11-6-8-16-12(9-11)5-7-14-16/h5,7,10-11H,1-4,6,8-9H2,(H,15,17). The van der Waals surface area contributed by atoms with Crippen molar-refractivity contribution in [2.24, 2.45) is 5.92 Å². The van der Waals surface area contributed by atoms with Crippen LogP contribution in [0.4, 0.5) is 0 Å². The van der Waals surface area contributed by atoms with Gasteiger partial charge in [-0.05, 0) is 25.3 Å². The molecule has 1 atom stereocenters. The molecule has 1 amide bonds. The lowest BCUT2D eigenvalue weighted by Crippen LogP contribution is -2.42. The molecule has 0 aromatic carbocycles. The molecule has 1 fully saturated rings. The number of nitrogens with zero attached hydrogens (tertiary/aromatic N) is 2. The Kier molecular flexibility index (Phi) is 2.87. The van der Waals surface area contributed by atoms with Crippen molar-refractivity contribution in [3.05, 3.63) is 18.0 Å². The molecule has 4 heteroatoms. The average molecular weight is 233 g/mol. The van der Waals surface area contributed by atoms with E-state index in [-0.39, 0.29) is 11.8 Å². The molecule has 1 N–H and O–H groups in total. The zero-order valence-corrected chi connectivity index (χ0v) is 10.1. The van der Waals surface area contributed by atoms with Gasteiger partial charge in [0.25, 0.3) is 0 Å². The lowest BCUT2D eigenvalue weighted by Gasteiger charge is -2.25. The summed E-state index contributed by atoms with van der Waals surface area (Å²) in [5, 5.41) is 7.46. The lowest BCUT2D eigenvalue weighted by molar-refractivity contribution is -0.125. The summed E-state index contributed by atoms with van der Waals surface area (Å²) in [5.41, 5.74) is 1.24. The van der Waals surface area contributed by atoms with Crippen LogP contribution in [-0.2, 0) is 17.8 Å². The number of hydrogen-bond donors (Lipinski definition) is 1. The molecule has 1 saturated carbocycles. The van der Waals surface area contributed by atoms with Gasteiger partial charge in [0.2, 0.25) is 5.91 Å². The second kappa shape index (κ2) is 4.51. The topological polar surface area (TPSA) is 46.9 Å². The van der Waals surface area contributed by atoms with E-state index in [1.54, 1.807) is 0 Å². The number of carbonyl (C=O) groups is 1. The van der Waals surface area contributed by atoms with Gasteiger partial charge in [-0.25, -0.2) is 0 Å². The number of aromatic nitrogens is 2. The molecule has 0 bridgehead atoms. The van der Waals surface area contributed by atoms with Gasteiger partial charge < -0.3 is 5.32 Å². The molecule has 17 heavy (non-hydrogen) atoms. The maximum Gasteiger partial charge on any atom is 0.223 e. The Morgan fingerprint density at radius 2 is 2.18 bits per heavy atom. The number of fused-ring (bicyclic) bond motifs is 1. The summed E-state index contributed by atoms with van der Waals surface area (Å²) in [5.74, 6) is 0.558. The van der Waals surface area contributed by atoms with Crippen molar-refractivity contribution in [3.63, 3.8) is 0 Å². The molecule has 1 unspecified atom stereocenters. The van der Waals surface area contributed by atoms with Crippen LogP contribution in [0.5, 0.6) is 0 Å². The van der Waals surface area contributed by atoms with E-state index < -0.39 is 0 Å². The van der Waals surface area contributed by atoms with Crippen molar-refractivity contribution in [1.29, 1.82) is 0 Å². The number of carbonyl (C=O) groups excluding carboxylic acids is 1. The third kappa shape index (κ3) is 2.21. The first-order valence-corrected chi connectivity index (χ1v) is 6.64.